The Kier molecular flexibility index (Phi) is 5.65. The summed E-state index contributed by atoms with van der Waals surface area (Å²) < 4.78 is 27.0. The van der Waals surface area contributed by atoms with Crippen LogP contribution in [-0.2, 0) is 16.6 Å². The van der Waals surface area contributed by atoms with E-state index in [2.05, 4.69) is 17.2 Å². The second-order valence-electron chi connectivity index (χ2n) is 5.22. The highest BCUT2D eigenvalue weighted by Crippen LogP contribution is 2.28. The number of hydrogen-bond donors (Lipinski definition) is 1. The first kappa shape index (κ1) is 16.7. The molecule has 1 saturated heterocycles. The first-order chi connectivity index (χ1) is 9.96. The maximum atomic E-state index is 12.7. The van der Waals surface area contributed by atoms with Crippen molar-refractivity contribution < 1.29 is 8.42 Å². The van der Waals surface area contributed by atoms with Crippen molar-refractivity contribution in [1.29, 1.82) is 0 Å². The Hall–Kier alpha value is -0.630. The van der Waals surface area contributed by atoms with Gasteiger partial charge in [0.15, 0.2) is 5.03 Å². The van der Waals surface area contributed by atoms with Crippen LogP contribution < -0.4 is 5.32 Å². The zero-order chi connectivity index (χ0) is 15.5. The summed E-state index contributed by atoms with van der Waals surface area (Å²) in [4.78, 5) is 4.16. The van der Waals surface area contributed by atoms with Gasteiger partial charge in [-0.15, -0.1) is 0 Å². The topological polar surface area (TPSA) is 62.3 Å². The first-order valence-electron chi connectivity index (χ1n) is 7.26. The van der Waals surface area contributed by atoms with Gasteiger partial charge in [0, 0.05) is 36.3 Å². The van der Waals surface area contributed by atoms with Crippen molar-refractivity contribution in [2.75, 3.05) is 18.8 Å². The number of nitrogens with one attached hydrogen (secondary N) is 1. The standard InChI is InChI=1S/C14H23N3O2S2/c1-4-15-9-13-5-6-14(16-10-13)21(18,19)17-7-8-20-12(3)11(17)2/h5-6,10-12,15H,4,7-9H2,1-3H3. The van der Waals surface area contributed by atoms with E-state index in [1.54, 1.807) is 16.6 Å². The lowest BCUT2D eigenvalue weighted by molar-refractivity contribution is 0.339. The predicted molar refractivity (Wildman–Crippen MR) is 86.9 cm³/mol. The van der Waals surface area contributed by atoms with Crippen molar-refractivity contribution >= 4 is 21.8 Å². The Labute approximate surface area is 131 Å². The molecule has 2 heterocycles. The Morgan fingerprint density at radius 1 is 1.43 bits per heavy atom. The molecule has 1 aliphatic rings. The highest BCUT2D eigenvalue weighted by Gasteiger charge is 2.35. The van der Waals surface area contributed by atoms with Gasteiger partial charge in [-0.3, -0.25) is 0 Å². The fourth-order valence-corrected chi connectivity index (χ4v) is 5.21. The largest absolute Gasteiger partial charge is 0.313 e. The number of aromatic nitrogens is 1. The highest BCUT2D eigenvalue weighted by molar-refractivity contribution is 8.00. The minimum Gasteiger partial charge on any atom is -0.313 e. The maximum absolute atomic E-state index is 12.7. The molecule has 5 nitrogen and oxygen atoms in total. The monoisotopic (exact) mass is 329 g/mol. The molecule has 0 aliphatic carbocycles. The number of pyridine rings is 1. The van der Waals surface area contributed by atoms with E-state index >= 15 is 0 Å². The fourth-order valence-electron chi connectivity index (χ4n) is 2.30. The molecular formula is C14H23N3O2S2. The van der Waals surface area contributed by atoms with Crippen LogP contribution >= 0.6 is 11.8 Å². The summed E-state index contributed by atoms with van der Waals surface area (Å²) >= 11 is 1.82. The van der Waals surface area contributed by atoms with E-state index in [0.29, 0.717) is 18.3 Å². The highest BCUT2D eigenvalue weighted by atomic mass is 32.2. The lowest BCUT2D eigenvalue weighted by Crippen LogP contribution is -2.48. The molecule has 2 unspecified atom stereocenters. The van der Waals surface area contributed by atoms with E-state index in [0.717, 1.165) is 17.9 Å². The van der Waals surface area contributed by atoms with Gasteiger partial charge in [-0.1, -0.05) is 19.9 Å². The number of rotatable bonds is 5. The van der Waals surface area contributed by atoms with Crippen molar-refractivity contribution in [3.8, 4) is 0 Å². The third kappa shape index (κ3) is 3.77. The molecular weight excluding hydrogens is 306 g/mol. The molecule has 0 saturated carbocycles. The summed E-state index contributed by atoms with van der Waals surface area (Å²) in [5, 5.41) is 3.65. The summed E-state index contributed by atoms with van der Waals surface area (Å²) in [5.41, 5.74) is 0.992. The Morgan fingerprint density at radius 2 is 2.19 bits per heavy atom. The molecule has 1 aromatic rings. The molecule has 1 aliphatic heterocycles. The molecule has 2 atom stereocenters. The zero-order valence-corrected chi connectivity index (χ0v) is 14.4. The van der Waals surface area contributed by atoms with Crippen LogP contribution in [0.2, 0.25) is 0 Å². The van der Waals surface area contributed by atoms with Crippen molar-refractivity contribution in [3.05, 3.63) is 23.9 Å². The SMILES string of the molecule is CCNCc1ccc(S(=O)(=O)N2CCSC(C)C2C)nc1. The average Bonchev–Trinajstić information content (AvgIpc) is 2.48. The molecule has 0 radical (unpaired) electrons. The molecule has 1 fully saturated rings. The van der Waals surface area contributed by atoms with Crippen molar-refractivity contribution in [1.82, 2.24) is 14.6 Å². The molecule has 0 amide bonds. The average molecular weight is 329 g/mol. The number of hydrogen-bond acceptors (Lipinski definition) is 5. The molecule has 0 aromatic carbocycles. The first-order valence-corrected chi connectivity index (χ1v) is 9.74. The molecule has 2 rings (SSSR count). The lowest BCUT2D eigenvalue weighted by atomic mass is 10.2. The molecule has 7 heteroatoms. The Bertz CT molecular complexity index is 560. The minimum absolute atomic E-state index is 0.00279. The molecule has 0 spiro atoms. The number of thioether (sulfide) groups is 1. The minimum atomic E-state index is -3.49. The second kappa shape index (κ2) is 7.09. The van der Waals surface area contributed by atoms with Gasteiger partial charge in [-0.2, -0.15) is 16.1 Å². The maximum Gasteiger partial charge on any atom is 0.260 e. The molecule has 1 N–H and O–H groups in total. The smallest absolute Gasteiger partial charge is 0.260 e. The van der Waals surface area contributed by atoms with E-state index < -0.39 is 10.0 Å². The van der Waals surface area contributed by atoms with Crippen molar-refractivity contribution in [2.45, 2.75) is 43.6 Å². The van der Waals surface area contributed by atoms with Gasteiger partial charge in [0.25, 0.3) is 10.0 Å². The summed E-state index contributed by atoms with van der Waals surface area (Å²) in [7, 11) is -3.49. The molecule has 1 aromatic heterocycles. The normalized spacial score (nSPS) is 24.1. The van der Waals surface area contributed by atoms with Gasteiger partial charge >= 0.3 is 0 Å². The summed E-state index contributed by atoms with van der Waals surface area (Å²) in [6.45, 7) is 8.21. The van der Waals surface area contributed by atoms with Crippen LogP contribution in [0.1, 0.15) is 26.3 Å². The van der Waals surface area contributed by atoms with Crippen molar-refractivity contribution in [3.63, 3.8) is 0 Å². The third-order valence-corrected chi connectivity index (χ3v) is 7.02. The second-order valence-corrected chi connectivity index (χ2v) is 8.54. The van der Waals surface area contributed by atoms with Gasteiger partial charge in [0.05, 0.1) is 0 Å². The van der Waals surface area contributed by atoms with Crippen LogP contribution in [-0.4, -0.2) is 47.8 Å². The van der Waals surface area contributed by atoms with E-state index in [1.807, 2.05) is 31.7 Å². The number of sulfonamides is 1. The van der Waals surface area contributed by atoms with Crippen LogP contribution in [0.5, 0.6) is 0 Å². The molecule has 0 bridgehead atoms. The Balaban J connectivity index is 2.19. The van der Waals surface area contributed by atoms with Gasteiger partial charge in [-0.05, 0) is 25.1 Å². The van der Waals surface area contributed by atoms with Crippen molar-refractivity contribution in [2.24, 2.45) is 0 Å². The van der Waals surface area contributed by atoms with E-state index in [-0.39, 0.29) is 11.1 Å². The number of nitrogens with zero attached hydrogens (tertiary/aromatic N) is 2. The van der Waals surface area contributed by atoms with Crippen LogP contribution in [0.3, 0.4) is 0 Å². The fraction of sp³-hybridized carbons (Fsp3) is 0.643. The van der Waals surface area contributed by atoms with E-state index in [4.69, 9.17) is 0 Å². The van der Waals surface area contributed by atoms with Gasteiger partial charge in [0.2, 0.25) is 0 Å². The quantitative estimate of drug-likeness (QED) is 0.891. The van der Waals surface area contributed by atoms with E-state index in [1.165, 1.54) is 0 Å². The predicted octanol–water partition coefficient (Wildman–Crippen LogP) is 1.71. The summed E-state index contributed by atoms with van der Waals surface area (Å²) in [6, 6.07) is 3.44. The van der Waals surface area contributed by atoms with Crippen LogP contribution in [0.4, 0.5) is 0 Å². The summed E-state index contributed by atoms with van der Waals surface area (Å²) in [6.07, 6.45) is 1.64. The summed E-state index contributed by atoms with van der Waals surface area (Å²) in [5.74, 6) is 0.837. The lowest BCUT2D eigenvalue weighted by Gasteiger charge is -2.36. The van der Waals surface area contributed by atoms with E-state index in [9.17, 15) is 8.42 Å². The molecule has 21 heavy (non-hydrogen) atoms. The van der Waals surface area contributed by atoms with Crippen LogP contribution in [0.15, 0.2) is 23.4 Å². The van der Waals surface area contributed by atoms with Crippen LogP contribution in [0.25, 0.3) is 0 Å². The molecule has 118 valence electrons. The van der Waals surface area contributed by atoms with Gasteiger partial charge < -0.3 is 5.32 Å². The van der Waals surface area contributed by atoms with Gasteiger partial charge in [-0.25, -0.2) is 13.4 Å². The Morgan fingerprint density at radius 3 is 2.81 bits per heavy atom. The van der Waals surface area contributed by atoms with Crippen LogP contribution in [0, 0.1) is 0 Å². The third-order valence-electron chi connectivity index (χ3n) is 3.78. The van der Waals surface area contributed by atoms with Gasteiger partial charge in [0.1, 0.15) is 0 Å². The zero-order valence-electron chi connectivity index (χ0n) is 12.7.